The zero-order valence-electron chi connectivity index (χ0n) is 19.1. The van der Waals surface area contributed by atoms with E-state index in [0.29, 0.717) is 36.3 Å². The quantitative estimate of drug-likeness (QED) is 0.444. The number of nitrogens with one attached hydrogen (secondary N) is 2. The van der Waals surface area contributed by atoms with Crippen LogP contribution in [0.1, 0.15) is 18.5 Å². The fraction of sp³-hybridized carbons (Fsp3) is 0.435. The van der Waals surface area contributed by atoms with Gasteiger partial charge in [0.05, 0.1) is 26.8 Å². The molecule has 0 heterocycles. The predicted molar refractivity (Wildman–Crippen MR) is 122 cm³/mol. The van der Waals surface area contributed by atoms with Crippen LogP contribution in [0, 0.1) is 5.82 Å². The van der Waals surface area contributed by atoms with Gasteiger partial charge in [-0.1, -0.05) is 12.1 Å². The molecule has 7 nitrogen and oxygen atoms in total. The lowest BCUT2D eigenvalue weighted by molar-refractivity contribution is 0.222. The van der Waals surface area contributed by atoms with E-state index in [4.69, 9.17) is 14.2 Å². The molecule has 2 aromatic rings. The number of hydrogen-bond acceptors (Lipinski definition) is 5. The highest BCUT2D eigenvalue weighted by molar-refractivity contribution is 5.79. The molecule has 31 heavy (non-hydrogen) atoms. The van der Waals surface area contributed by atoms with Crippen LogP contribution in [0.15, 0.2) is 47.5 Å². The Morgan fingerprint density at radius 1 is 1.03 bits per heavy atom. The molecule has 0 fully saturated rings. The Morgan fingerprint density at radius 2 is 1.74 bits per heavy atom. The summed E-state index contributed by atoms with van der Waals surface area (Å²) in [6, 6.07) is 12.1. The van der Waals surface area contributed by atoms with Gasteiger partial charge in [0, 0.05) is 19.7 Å². The summed E-state index contributed by atoms with van der Waals surface area (Å²) in [6.07, 6.45) is -0.171. The highest BCUT2D eigenvalue weighted by Gasteiger charge is 2.17. The van der Waals surface area contributed by atoms with Gasteiger partial charge in [-0.15, -0.1) is 0 Å². The van der Waals surface area contributed by atoms with E-state index in [1.54, 1.807) is 33.4 Å². The normalized spacial score (nSPS) is 13.5. The molecule has 2 unspecified atom stereocenters. The van der Waals surface area contributed by atoms with Gasteiger partial charge >= 0.3 is 0 Å². The molecule has 0 spiro atoms. The molecule has 170 valence electrons. The first-order valence-corrected chi connectivity index (χ1v) is 10.1. The second-order valence-electron chi connectivity index (χ2n) is 7.31. The van der Waals surface area contributed by atoms with Crippen molar-refractivity contribution in [3.63, 3.8) is 0 Å². The van der Waals surface area contributed by atoms with Gasteiger partial charge in [-0.05, 0) is 50.8 Å². The van der Waals surface area contributed by atoms with Crippen LogP contribution in [-0.4, -0.2) is 65.4 Å². The van der Waals surface area contributed by atoms with E-state index in [9.17, 15) is 4.39 Å². The number of nitrogens with zero attached hydrogens (tertiary/aromatic N) is 2. The summed E-state index contributed by atoms with van der Waals surface area (Å²) >= 11 is 0. The number of rotatable bonds is 10. The van der Waals surface area contributed by atoms with E-state index < -0.39 is 0 Å². The molecular weight excluding hydrogens is 399 g/mol. The van der Waals surface area contributed by atoms with Crippen molar-refractivity contribution in [1.82, 2.24) is 15.5 Å². The molecule has 0 bridgehead atoms. The van der Waals surface area contributed by atoms with E-state index in [-0.39, 0.29) is 18.0 Å². The Labute approximate surface area is 184 Å². The van der Waals surface area contributed by atoms with Crippen molar-refractivity contribution in [3.05, 3.63) is 53.8 Å². The van der Waals surface area contributed by atoms with Gasteiger partial charge in [-0.2, -0.15) is 0 Å². The summed E-state index contributed by atoms with van der Waals surface area (Å²) in [7, 11) is 9.01. The predicted octanol–water partition coefficient (Wildman–Crippen LogP) is 3.08. The first-order valence-electron chi connectivity index (χ1n) is 10.1. The number of hydrogen-bond donors (Lipinski definition) is 2. The number of ether oxygens (including phenoxy) is 3. The molecule has 0 amide bonds. The molecule has 0 radical (unpaired) electrons. The van der Waals surface area contributed by atoms with Crippen LogP contribution in [0.4, 0.5) is 4.39 Å². The third kappa shape index (κ3) is 7.32. The molecule has 2 rings (SSSR count). The van der Waals surface area contributed by atoms with E-state index in [0.717, 1.165) is 5.56 Å². The van der Waals surface area contributed by atoms with Crippen molar-refractivity contribution in [2.75, 3.05) is 48.5 Å². The molecular formula is C23H33FN4O3. The molecule has 0 aliphatic heterocycles. The fourth-order valence-corrected chi connectivity index (χ4v) is 3.13. The van der Waals surface area contributed by atoms with Crippen LogP contribution < -0.4 is 24.8 Å². The average Bonchev–Trinajstić information content (AvgIpc) is 2.75. The minimum absolute atomic E-state index is 0.0827. The first-order chi connectivity index (χ1) is 14.9. The van der Waals surface area contributed by atoms with Crippen LogP contribution in [0.5, 0.6) is 17.2 Å². The Kier molecular flexibility index (Phi) is 9.40. The van der Waals surface area contributed by atoms with Crippen LogP contribution in [0.2, 0.25) is 0 Å². The van der Waals surface area contributed by atoms with Gasteiger partial charge in [0.15, 0.2) is 17.5 Å². The molecule has 0 aliphatic carbocycles. The van der Waals surface area contributed by atoms with Crippen LogP contribution in [-0.2, 0) is 0 Å². The van der Waals surface area contributed by atoms with Crippen molar-refractivity contribution in [3.8, 4) is 17.2 Å². The Hall–Kier alpha value is -3.00. The largest absolute Gasteiger partial charge is 0.493 e. The minimum atomic E-state index is -0.319. The van der Waals surface area contributed by atoms with Crippen molar-refractivity contribution < 1.29 is 18.6 Å². The molecule has 2 atom stereocenters. The second kappa shape index (κ2) is 12.0. The van der Waals surface area contributed by atoms with Gasteiger partial charge in [0.25, 0.3) is 0 Å². The molecule has 0 aromatic heterocycles. The highest BCUT2D eigenvalue weighted by atomic mass is 19.1. The van der Waals surface area contributed by atoms with Crippen LogP contribution >= 0.6 is 0 Å². The van der Waals surface area contributed by atoms with E-state index >= 15 is 0 Å². The summed E-state index contributed by atoms with van der Waals surface area (Å²) in [6.45, 7) is 3.05. The lowest BCUT2D eigenvalue weighted by Crippen LogP contribution is -2.44. The molecule has 2 aromatic carbocycles. The SMILES string of the molecule is CN=C(NCC(C)Oc1cccc(F)c1)NCC(c1ccc(OC)c(OC)c1)N(C)C. The summed E-state index contributed by atoms with van der Waals surface area (Å²) in [5.41, 5.74) is 1.09. The van der Waals surface area contributed by atoms with Crippen LogP contribution in [0.25, 0.3) is 0 Å². The number of benzene rings is 2. The zero-order chi connectivity index (χ0) is 22.8. The third-order valence-electron chi connectivity index (χ3n) is 4.79. The summed E-state index contributed by atoms with van der Waals surface area (Å²) in [5, 5.41) is 6.60. The second-order valence-corrected chi connectivity index (χ2v) is 7.31. The van der Waals surface area contributed by atoms with E-state index in [1.165, 1.54) is 12.1 Å². The molecule has 0 saturated carbocycles. The van der Waals surface area contributed by atoms with Gasteiger partial charge < -0.3 is 29.7 Å². The smallest absolute Gasteiger partial charge is 0.191 e. The maximum absolute atomic E-state index is 13.3. The summed E-state index contributed by atoms with van der Waals surface area (Å²) in [5.74, 6) is 2.22. The Morgan fingerprint density at radius 3 is 2.35 bits per heavy atom. The summed E-state index contributed by atoms with van der Waals surface area (Å²) in [4.78, 5) is 6.41. The van der Waals surface area contributed by atoms with E-state index in [2.05, 4.69) is 20.5 Å². The van der Waals surface area contributed by atoms with Crippen molar-refractivity contribution in [2.45, 2.75) is 19.1 Å². The van der Waals surface area contributed by atoms with Gasteiger partial charge in [0.1, 0.15) is 17.7 Å². The fourth-order valence-electron chi connectivity index (χ4n) is 3.13. The van der Waals surface area contributed by atoms with Crippen molar-refractivity contribution in [2.24, 2.45) is 4.99 Å². The maximum Gasteiger partial charge on any atom is 0.191 e. The molecule has 8 heteroatoms. The monoisotopic (exact) mass is 432 g/mol. The maximum atomic E-state index is 13.3. The lowest BCUT2D eigenvalue weighted by Gasteiger charge is -2.27. The zero-order valence-corrected chi connectivity index (χ0v) is 19.1. The molecule has 2 N–H and O–H groups in total. The van der Waals surface area contributed by atoms with E-state index in [1.807, 2.05) is 39.2 Å². The summed E-state index contributed by atoms with van der Waals surface area (Å²) < 4.78 is 29.8. The molecule has 0 saturated heterocycles. The average molecular weight is 433 g/mol. The Bertz CT molecular complexity index is 860. The van der Waals surface area contributed by atoms with Crippen LogP contribution in [0.3, 0.4) is 0 Å². The lowest BCUT2D eigenvalue weighted by atomic mass is 10.1. The van der Waals surface area contributed by atoms with Gasteiger partial charge in [0.2, 0.25) is 0 Å². The standard InChI is InChI=1S/C23H33FN4O3/c1-16(31-19-9-7-8-18(24)13-19)14-26-23(25-2)27-15-20(28(3)4)17-10-11-21(29-5)22(12-17)30-6/h7-13,16,20H,14-15H2,1-6H3,(H2,25,26,27). The van der Waals surface area contributed by atoms with Crippen molar-refractivity contribution >= 4 is 5.96 Å². The number of likely N-dealkylation sites (N-methyl/N-ethyl adjacent to an activating group) is 1. The number of methoxy groups -OCH3 is 2. The Balaban J connectivity index is 1.94. The molecule has 0 aliphatic rings. The van der Waals surface area contributed by atoms with Crippen molar-refractivity contribution in [1.29, 1.82) is 0 Å². The first kappa shape index (κ1) is 24.3. The topological polar surface area (TPSA) is 67.4 Å². The number of halogens is 1. The number of guanidine groups is 1. The van der Waals surface area contributed by atoms with Gasteiger partial charge in [-0.25, -0.2) is 4.39 Å². The minimum Gasteiger partial charge on any atom is -0.493 e. The van der Waals surface area contributed by atoms with Gasteiger partial charge in [-0.3, -0.25) is 4.99 Å². The number of aliphatic imine (C=N–C) groups is 1. The third-order valence-corrected chi connectivity index (χ3v) is 4.79. The highest BCUT2D eigenvalue weighted by Crippen LogP contribution is 2.31.